The van der Waals surface area contributed by atoms with Gasteiger partial charge in [0, 0.05) is 12.8 Å². The molecule has 0 bridgehead atoms. The number of hydrogen-bond acceptors (Lipinski definition) is 6. The van der Waals surface area contributed by atoms with Crippen LogP contribution < -0.4 is 5.32 Å². The van der Waals surface area contributed by atoms with Gasteiger partial charge in [0.05, 0.1) is 10.6 Å². The number of carbonyl (C=O) groups is 1. The van der Waals surface area contributed by atoms with Gasteiger partial charge in [-0.05, 0) is 41.9 Å². The second-order valence-electron chi connectivity index (χ2n) is 7.27. The molecule has 11 heteroatoms. The Balaban J connectivity index is 1.92. The summed E-state index contributed by atoms with van der Waals surface area (Å²) in [7, 11) is -1.71. The molecule has 3 aromatic rings. The van der Waals surface area contributed by atoms with Crippen LogP contribution in [0.25, 0.3) is 22.4 Å². The van der Waals surface area contributed by atoms with E-state index in [1.165, 1.54) is 12.1 Å². The van der Waals surface area contributed by atoms with Crippen LogP contribution in [-0.2, 0) is 32.1 Å². The fraction of sp³-hybridized carbons (Fsp3) is 0.273. The lowest BCUT2D eigenvalue weighted by molar-refractivity contribution is -0.146. The number of aromatic nitrogens is 2. The molecular weight excluding hydrogens is 459 g/mol. The van der Waals surface area contributed by atoms with E-state index < -0.39 is 34.2 Å². The maximum absolute atomic E-state index is 13.3. The van der Waals surface area contributed by atoms with E-state index in [-0.39, 0.29) is 17.2 Å². The molecule has 1 N–H and O–H groups in total. The summed E-state index contributed by atoms with van der Waals surface area (Å²) < 4.78 is 69.3. The first-order valence-corrected chi connectivity index (χ1v) is 11.7. The quantitative estimate of drug-likeness (QED) is 0.392. The molecule has 0 saturated heterocycles. The van der Waals surface area contributed by atoms with Crippen molar-refractivity contribution < 1.29 is 31.1 Å². The molecule has 2 aromatic carbocycles. The number of nitrogens with zero attached hydrogens (tertiary/aromatic N) is 2. The van der Waals surface area contributed by atoms with Crippen LogP contribution in [0.5, 0.6) is 0 Å². The van der Waals surface area contributed by atoms with E-state index >= 15 is 0 Å². The molecule has 0 amide bonds. The number of nitrogens with one attached hydrogen (secondary N) is 1. The van der Waals surface area contributed by atoms with E-state index in [1.54, 1.807) is 43.4 Å². The number of alkyl halides is 3. The van der Waals surface area contributed by atoms with Crippen molar-refractivity contribution in [1.29, 1.82) is 0 Å². The number of hydrogen-bond donors (Lipinski definition) is 1. The molecule has 176 valence electrons. The predicted molar refractivity (Wildman–Crippen MR) is 116 cm³/mol. The zero-order chi connectivity index (χ0) is 24.2. The largest absolute Gasteiger partial charge is 0.463 e. The second-order valence-corrected chi connectivity index (χ2v) is 9.29. The highest BCUT2D eigenvalue weighted by atomic mass is 32.2. The normalized spacial score (nSPS) is 12.0. The zero-order valence-corrected chi connectivity index (χ0v) is 18.7. The molecule has 0 aliphatic rings. The van der Waals surface area contributed by atoms with Crippen molar-refractivity contribution in [3.05, 3.63) is 60.3 Å². The molecule has 0 aliphatic heterocycles. The van der Waals surface area contributed by atoms with Gasteiger partial charge in [-0.15, -0.1) is 0 Å². The molecule has 33 heavy (non-hydrogen) atoms. The van der Waals surface area contributed by atoms with Gasteiger partial charge < -0.3 is 10.1 Å². The first kappa shape index (κ1) is 24.5. The SMILES string of the molecule is CNCCOC(=O)Cn1nc(C(F)(F)F)cc1-c1ccc(-c2cccc(S(C)(=O)=O)c2)cc1. The third-order valence-electron chi connectivity index (χ3n) is 4.74. The van der Waals surface area contributed by atoms with E-state index in [1.807, 2.05) is 0 Å². The van der Waals surface area contributed by atoms with Crippen LogP contribution in [0, 0.1) is 0 Å². The Morgan fingerprint density at radius 1 is 1.06 bits per heavy atom. The maximum Gasteiger partial charge on any atom is 0.435 e. The Morgan fingerprint density at radius 3 is 2.33 bits per heavy atom. The van der Waals surface area contributed by atoms with E-state index in [2.05, 4.69) is 10.4 Å². The van der Waals surface area contributed by atoms with Crippen molar-refractivity contribution in [2.45, 2.75) is 17.6 Å². The van der Waals surface area contributed by atoms with Crippen molar-refractivity contribution >= 4 is 15.8 Å². The standard InChI is InChI=1S/C22H22F3N3O4S/c1-26-10-11-32-21(29)14-28-19(13-20(27-28)22(23,24)25)16-8-6-15(7-9-16)17-4-3-5-18(12-17)33(2,30)31/h3-9,12-13,26H,10-11,14H2,1-2H3. The Kier molecular flexibility index (Phi) is 7.23. The number of carbonyl (C=O) groups excluding carboxylic acids is 1. The van der Waals surface area contributed by atoms with Crippen molar-refractivity contribution in [3.8, 4) is 22.4 Å². The summed E-state index contributed by atoms with van der Waals surface area (Å²) in [6.45, 7) is 0.0140. The average molecular weight is 481 g/mol. The van der Waals surface area contributed by atoms with E-state index in [4.69, 9.17) is 4.74 Å². The third kappa shape index (κ3) is 6.20. The molecule has 0 aliphatic carbocycles. The molecule has 1 aromatic heterocycles. The molecule has 0 fully saturated rings. The van der Waals surface area contributed by atoms with Crippen LogP contribution in [0.15, 0.2) is 59.5 Å². The molecule has 0 saturated carbocycles. The van der Waals surface area contributed by atoms with Crippen molar-refractivity contribution in [2.24, 2.45) is 0 Å². The second kappa shape index (κ2) is 9.75. The summed E-state index contributed by atoms with van der Waals surface area (Å²) in [5, 5.41) is 6.35. The monoisotopic (exact) mass is 481 g/mol. The smallest absolute Gasteiger partial charge is 0.435 e. The van der Waals surface area contributed by atoms with Crippen LogP contribution in [0.1, 0.15) is 5.69 Å². The molecule has 1 heterocycles. The lowest BCUT2D eigenvalue weighted by atomic mass is 10.0. The van der Waals surface area contributed by atoms with Crippen molar-refractivity contribution in [1.82, 2.24) is 15.1 Å². The Bertz CT molecular complexity index is 1240. The summed E-state index contributed by atoms with van der Waals surface area (Å²) in [6.07, 6.45) is -3.57. The van der Waals surface area contributed by atoms with Gasteiger partial charge in [-0.1, -0.05) is 36.4 Å². The molecule has 7 nitrogen and oxygen atoms in total. The summed E-state index contributed by atoms with van der Waals surface area (Å²) in [6, 6.07) is 13.7. The van der Waals surface area contributed by atoms with Gasteiger partial charge in [0.2, 0.25) is 0 Å². The van der Waals surface area contributed by atoms with Gasteiger partial charge in [-0.25, -0.2) is 8.42 Å². The van der Waals surface area contributed by atoms with Crippen LogP contribution in [-0.4, -0.2) is 50.6 Å². The lowest BCUT2D eigenvalue weighted by Gasteiger charge is -2.09. The van der Waals surface area contributed by atoms with Crippen LogP contribution in [0.2, 0.25) is 0 Å². The van der Waals surface area contributed by atoms with Crippen LogP contribution >= 0.6 is 0 Å². The first-order chi connectivity index (χ1) is 15.5. The van der Waals surface area contributed by atoms with Crippen LogP contribution in [0.3, 0.4) is 0 Å². The topological polar surface area (TPSA) is 90.3 Å². The Labute approximate surface area is 189 Å². The maximum atomic E-state index is 13.3. The first-order valence-electron chi connectivity index (χ1n) is 9.85. The Hall–Kier alpha value is -3.18. The zero-order valence-electron chi connectivity index (χ0n) is 17.9. The number of benzene rings is 2. The highest BCUT2D eigenvalue weighted by Gasteiger charge is 2.35. The summed E-state index contributed by atoms with van der Waals surface area (Å²) >= 11 is 0. The minimum atomic E-state index is -4.68. The molecular formula is C22H22F3N3O4S. The molecule has 0 unspecified atom stereocenters. The van der Waals surface area contributed by atoms with Crippen LogP contribution in [0.4, 0.5) is 13.2 Å². The van der Waals surface area contributed by atoms with E-state index in [0.29, 0.717) is 23.2 Å². The van der Waals surface area contributed by atoms with Crippen molar-refractivity contribution in [2.75, 3.05) is 26.5 Å². The molecule has 0 radical (unpaired) electrons. The highest BCUT2D eigenvalue weighted by Crippen LogP contribution is 2.33. The molecule has 3 rings (SSSR count). The fourth-order valence-electron chi connectivity index (χ4n) is 3.08. The number of ether oxygens (including phenoxy) is 1. The number of esters is 1. The third-order valence-corrected chi connectivity index (χ3v) is 5.85. The fourth-order valence-corrected chi connectivity index (χ4v) is 3.75. The summed E-state index contributed by atoms with van der Waals surface area (Å²) in [5.74, 6) is -0.711. The van der Waals surface area contributed by atoms with Gasteiger partial charge in [0.25, 0.3) is 0 Å². The average Bonchev–Trinajstić information content (AvgIpc) is 3.18. The van der Waals surface area contributed by atoms with Gasteiger partial charge >= 0.3 is 12.1 Å². The lowest BCUT2D eigenvalue weighted by Crippen LogP contribution is -2.21. The number of halogens is 3. The highest BCUT2D eigenvalue weighted by molar-refractivity contribution is 7.90. The van der Waals surface area contributed by atoms with E-state index in [0.717, 1.165) is 17.0 Å². The van der Waals surface area contributed by atoms with Gasteiger partial charge in [0.15, 0.2) is 15.5 Å². The summed E-state index contributed by atoms with van der Waals surface area (Å²) in [5.41, 5.74) is 0.707. The predicted octanol–water partition coefficient (Wildman–Crippen LogP) is 3.40. The number of rotatable bonds is 8. The summed E-state index contributed by atoms with van der Waals surface area (Å²) in [4.78, 5) is 12.2. The molecule has 0 atom stereocenters. The number of likely N-dealkylation sites (N-methyl/N-ethyl adjacent to an activating group) is 1. The van der Waals surface area contributed by atoms with Crippen molar-refractivity contribution in [3.63, 3.8) is 0 Å². The number of sulfone groups is 1. The minimum Gasteiger partial charge on any atom is -0.463 e. The minimum absolute atomic E-state index is 0.0826. The van der Waals surface area contributed by atoms with Gasteiger partial charge in [-0.3, -0.25) is 9.48 Å². The Morgan fingerprint density at radius 2 is 1.73 bits per heavy atom. The molecule has 0 spiro atoms. The van der Waals surface area contributed by atoms with Gasteiger partial charge in [-0.2, -0.15) is 18.3 Å². The van der Waals surface area contributed by atoms with Gasteiger partial charge in [0.1, 0.15) is 13.2 Å². The van der Waals surface area contributed by atoms with E-state index in [9.17, 15) is 26.4 Å².